The van der Waals surface area contributed by atoms with Gasteiger partial charge < -0.3 is 4.40 Å². The molecular weight excluding hydrogens is 617 g/mol. The van der Waals surface area contributed by atoms with Crippen molar-refractivity contribution in [2.24, 2.45) is 23.7 Å². The number of aromatic nitrogens is 1. The lowest BCUT2D eigenvalue weighted by Gasteiger charge is -2.38. The van der Waals surface area contributed by atoms with Crippen LogP contribution in [-0.4, -0.2) is 4.40 Å². The fourth-order valence-electron chi connectivity index (χ4n) is 14.2. The number of benzene rings is 4. The van der Waals surface area contributed by atoms with Crippen molar-refractivity contribution in [3.63, 3.8) is 0 Å². The topological polar surface area (TPSA) is 28.2 Å². The third kappa shape index (κ3) is 3.79. The molecule has 4 unspecified atom stereocenters. The van der Waals surface area contributed by atoms with Crippen LogP contribution >= 0.6 is 0 Å². The van der Waals surface area contributed by atoms with Crippen molar-refractivity contribution >= 4 is 48.9 Å². The Bertz CT molecular complexity index is 2550. The molecule has 14 rings (SSSR count). The van der Waals surface area contributed by atoms with E-state index in [-0.39, 0.29) is 10.8 Å². The van der Waals surface area contributed by atoms with Crippen molar-refractivity contribution in [3.8, 4) is 6.07 Å². The van der Waals surface area contributed by atoms with Crippen LogP contribution in [0.2, 0.25) is 0 Å². The number of fused-ring (bicyclic) bond motifs is 8. The van der Waals surface area contributed by atoms with Crippen LogP contribution in [0.3, 0.4) is 0 Å². The molecule has 2 heterocycles. The fourth-order valence-corrected chi connectivity index (χ4v) is 14.2. The molecule has 51 heavy (non-hydrogen) atoms. The first-order valence-corrected chi connectivity index (χ1v) is 20.7. The van der Waals surface area contributed by atoms with Crippen LogP contribution in [0.5, 0.6) is 0 Å². The highest BCUT2D eigenvalue weighted by atomic mass is 14.9. The molecule has 4 aromatic carbocycles. The van der Waals surface area contributed by atoms with Gasteiger partial charge in [-0.2, -0.15) is 5.26 Å². The first-order valence-electron chi connectivity index (χ1n) is 20.7. The highest BCUT2D eigenvalue weighted by molar-refractivity contribution is 6.33. The zero-order valence-corrected chi connectivity index (χ0v) is 31.5. The van der Waals surface area contributed by atoms with E-state index in [4.69, 9.17) is 0 Å². The van der Waals surface area contributed by atoms with E-state index in [0.717, 1.165) is 35.2 Å². The largest absolute Gasteiger partial charge is 0.308 e. The van der Waals surface area contributed by atoms with Gasteiger partial charge in [-0.1, -0.05) is 53.7 Å². The second-order valence-corrected chi connectivity index (χ2v) is 20.9. The number of hydrogen-bond donors (Lipinski definition) is 0. The van der Waals surface area contributed by atoms with Gasteiger partial charge in [-0.05, 0) is 191 Å². The quantitative estimate of drug-likeness (QED) is 0.158. The lowest BCUT2D eigenvalue weighted by molar-refractivity contribution is 0.166. The van der Waals surface area contributed by atoms with E-state index in [1.165, 1.54) is 124 Å². The molecule has 8 aliphatic rings. The second-order valence-electron chi connectivity index (χ2n) is 20.9. The average Bonchev–Trinajstić information content (AvgIpc) is 3.45. The van der Waals surface area contributed by atoms with Crippen LogP contribution in [-0.2, 0) is 10.8 Å². The summed E-state index contributed by atoms with van der Waals surface area (Å²) in [5.74, 6) is 5.93. The molecule has 0 amide bonds. The summed E-state index contributed by atoms with van der Waals surface area (Å²) >= 11 is 0. The summed E-state index contributed by atoms with van der Waals surface area (Å²) in [5.41, 5.74) is 14.6. The maximum Gasteiger partial charge on any atom is 0.0995 e. The molecule has 6 aromatic rings. The molecule has 2 heteroatoms. The summed E-state index contributed by atoms with van der Waals surface area (Å²) in [6.45, 7) is 14.5. The molecule has 2 nitrogen and oxygen atoms in total. The summed E-state index contributed by atoms with van der Waals surface area (Å²) in [5, 5.41) is 19.9. The Balaban J connectivity index is 1.33. The highest BCUT2D eigenvalue weighted by Gasteiger charge is 2.46. The van der Waals surface area contributed by atoms with Crippen LogP contribution < -0.4 is 0 Å². The molecule has 8 bridgehead atoms. The Morgan fingerprint density at radius 2 is 1.16 bits per heavy atom. The Morgan fingerprint density at radius 1 is 0.549 bits per heavy atom. The summed E-state index contributed by atoms with van der Waals surface area (Å²) in [6.07, 6.45) is 13.6. The van der Waals surface area contributed by atoms with E-state index >= 15 is 0 Å². The first-order chi connectivity index (χ1) is 24.4. The van der Waals surface area contributed by atoms with Gasteiger partial charge in [0, 0.05) is 21.5 Å². The van der Waals surface area contributed by atoms with Crippen molar-refractivity contribution in [3.05, 3.63) is 75.3 Å². The van der Waals surface area contributed by atoms with Gasteiger partial charge in [0.05, 0.1) is 28.2 Å². The standard InChI is InChI=1S/C49H52N2/c1-48(2,3)33-20-36-35(38(21-33)49(4,5)6)22-37-44-39(8-7-34-28-11-24-9-25(12-28)16-30(15-24)42(34)44)51-40-19-32(23-50)41-29-13-26-10-27(14-29)18-31(17-26)43(41)46(40)45(36)47(37)51/h7-8,19-22,24-31H,9-18H2,1-6H3. The predicted octanol–water partition coefficient (Wildman–Crippen LogP) is 13.2. The van der Waals surface area contributed by atoms with E-state index in [2.05, 4.69) is 88.4 Å². The summed E-state index contributed by atoms with van der Waals surface area (Å²) < 4.78 is 2.70. The van der Waals surface area contributed by atoms with Crippen LogP contribution in [0.4, 0.5) is 0 Å². The fraction of sp³-hybridized carbons (Fsp3) is 0.531. The van der Waals surface area contributed by atoms with Gasteiger partial charge in [-0.3, -0.25) is 0 Å². The molecule has 2 aromatic heterocycles. The maximum atomic E-state index is 11.0. The zero-order valence-electron chi connectivity index (χ0n) is 31.5. The van der Waals surface area contributed by atoms with Gasteiger partial charge in [0.2, 0.25) is 0 Å². The third-order valence-corrected chi connectivity index (χ3v) is 15.8. The van der Waals surface area contributed by atoms with Crippen molar-refractivity contribution in [2.45, 2.75) is 140 Å². The number of hydrogen-bond acceptors (Lipinski definition) is 1. The molecule has 0 radical (unpaired) electrons. The molecule has 0 aliphatic heterocycles. The van der Waals surface area contributed by atoms with E-state index in [9.17, 15) is 5.26 Å². The van der Waals surface area contributed by atoms with Gasteiger partial charge in [0.1, 0.15) is 0 Å². The van der Waals surface area contributed by atoms with Gasteiger partial charge in [0.15, 0.2) is 0 Å². The Morgan fingerprint density at radius 3 is 1.76 bits per heavy atom. The number of rotatable bonds is 0. The average molecular weight is 669 g/mol. The maximum absolute atomic E-state index is 11.0. The molecule has 4 fully saturated rings. The Hall–Kier alpha value is -3.57. The number of nitrogens with zero attached hydrogens (tertiary/aromatic N) is 2. The molecule has 4 atom stereocenters. The smallest absolute Gasteiger partial charge is 0.0995 e. The summed E-state index contributed by atoms with van der Waals surface area (Å²) in [4.78, 5) is 0. The monoisotopic (exact) mass is 668 g/mol. The van der Waals surface area contributed by atoms with E-state index in [1.807, 2.05) is 0 Å². The predicted molar refractivity (Wildman–Crippen MR) is 212 cm³/mol. The van der Waals surface area contributed by atoms with Crippen molar-refractivity contribution in [1.29, 1.82) is 5.26 Å². The summed E-state index contributed by atoms with van der Waals surface area (Å²) in [6, 6.07) is 18.2. The van der Waals surface area contributed by atoms with Crippen molar-refractivity contribution < 1.29 is 0 Å². The SMILES string of the molecule is CC(C)(C)c1cc(C(C)(C)C)c2cc3c4c5c(ccc4n4c6cc(C#N)c7c(c6c(c2c1)c34)C1CC2CC(CC7C2)C1)C1CC2CC(C1)CC5C2. The molecule has 8 aliphatic carbocycles. The van der Waals surface area contributed by atoms with Gasteiger partial charge in [-0.15, -0.1) is 0 Å². The first kappa shape index (κ1) is 29.9. The minimum Gasteiger partial charge on any atom is -0.308 e. The van der Waals surface area contributed by atoms with E-state index in [1.54, 1.807) is 22.1 Å². The van der Waals surface area contributed by atoms with Crippen LogP contribution in [0.15, 0.2) is 36.4 Å². The molecular formula is C49H52N2. The minimum absolute atomic E-state index is 0.00778. The number of nitriles is 1. The molecule has 0 N–H and O–H groups in total. The molecule has 258 valence electrons. The second kappa shape index (κ2) is 9.50. The normalized spacial score (nSPS) is 30.9. The van der Waals surface area contributed by atoms with Crippen LogP contribution in [0.25, 0.3) is 48.9 Å². The van der Waals surface area contributed by atoms with E-state index in [0.29, 0.717) is 17.8 Å². The van der Waals surface area contributed by atoms with Crippen molar-refractivity contribution in [2.75, 3.05) is 0 Å². The summed E-state index contributed by atoms with van der Waals surface area (Å²) in [7, 11) is 0. The van der Waals surface area contributed by atoms with Crippen LogP contribution in [0.1, 0.15) is 168 Å². The minimum atomic E-state index is 0.00778. The van der Waals surface area contributed by atoms with Gasteiger partial charge >= 0.3 is 0 Å². The van der Waals surface area contributed by atoms with E-state index < -0.39 is 0 Å². The van der Waals surface area contributed by atoms with Crippen LogP contribution in [0, 0.1) is 35.0 Å². The molecule has 4 saturated carbocycles. The lowest BCUT2D eigenvalue weighted by Crippen LogP contribution is -2.25. The third-order valence-electron chi connectivity index (χ3n) is 15.8. The molecule has 0 saturated heterocycles. The highest BCUT2D eigenvalue weighted by Crippen LogP contribution is 2.62. The van der Waals surface area contributed by atoms with Crippen molar-refractivity contribution in [1.82, 2.24) is 4.40 Å². The zero-order chi connectivity index (χ0) is 34.5. The van der Waals surface area contributed by atoms with Gasteiger partial charge in [0.25, 0.3) is 0 Å². The lowest BCUT2D eigenvalue weighted by atomic mass is 9.67. The molecule has 0 spiro atoms. The Labute approximate surface area is 302 Å². The van der Waals surface area contributed by atoms with Gasteiger partial charge in [-0.25, -0.2) is 0 Å². The Kier molecular flexibility index (Phi) is 5.58.